The molecule has 4 nitrogen and oxygen atoms in total. The number of amides is 1. The Balaban J connectivity index is 1.19. The third-order valence-corrected chi connectivity index (χ3v) is 8.97. The summed E-state index contributed by atoms with van der Waals surface area (Å²) in [4.78, 5) is 15.3. The second-order valence-electron chi connectivity index (χ2n) is 10.7. The maximum atomic E-state index is 13.1. The van der Waals surface area contributed by atoms with Gasteiger partial charge in [0.25, 0.3) is 0 Å². The number of nitrogens with zero attached hydrogens (tertiary/aromatic N) is 1. The van der Waals surface area contributed by atoms with E-state index in [9.17, 15) is 4.79 Å². The number of nitrogens with one attached hydrogen (secondary N) is 1. The van der Waals surface area contributed by atoms with Gasteiger partial charge in [-0.1, -0.05) is 61.0 Å². The summed E-state index contributed by atoms with van der Waals surface area (Å²) in [6, 6.07) is 13.1. The summed E-state index contributed by atoms with van der Waals surface area (Å²) in [6.07, 6.45) is 12.5. The van der Waals surface area contributed by atoms with Gasteiger partial charge in [-0.2, -0.15) is 0 Å². The quantitative estimate of drug-likeness (QED) is 0.390. The number of piperidine rings is 1. The van der Waals surface area contributed by atoms with Crippen LogP contribution in [0.3, 0.4) is 0 Å². The van der Waals surface area contributed by atoms with Crippen LogP contribution in [0.1, 0.15) is 69.8 Å². The number of benzene rings is 2. The molecule has 1 N–H and O–H groups in total. The van der Waals surface area contributed by atoms with Gasteiger partial charge < -0.3 is 15.0 Å². The van der Waals surface area contributed by atoms with E-state index in [1.165, 1.54) is 38.5 Å². The highest BCUT2D eigenvalue weighted by Crippen LogP contribution is 2.37. The Bertz CT molecular complexity index is 1010. The number of carbonyl (C=O) groups excluding carboxylic acids is 1. The summed E-state index contributed by atoms with van der Waals surface area (Å²) >= 11 is 13.5. The Labute approximate surface area is 225 Å². The molecule has 1 amide bonds. The summed E-state index contributed by atoms with van der Waals surface area (Å²) in [7, 11) is 0. The minimum Gasteiger partial charge on any atom is -0.494 e. The van der Waals surface area contributed by atoms with Crippen molar-refractivity contribution in [3.63, 3.8) is 0 Å². The molecule has 2 aromatic carbocycles. The van der Waals surface area contributed by atoms with Gasteiger partial charge in [-0.25, -0.2) is 0 Å². The highest BCUT2D eigenvalue weighted by atomic mass is 35.5. The van der Waals surface area contributed by atoms with Crippen LogP contribution in [0.4, 0.5) is 0 Å². The first kappa shape index (κ1) is 25.9. The molecule has 2 saturated heterocycles. The first-order valence-electron chi connectivity index (χ1n) is 13.8. The summed E-state index contributed by atoms with van der Waals surface area (Å²) in [5, 5.41) is 4.85. The first-order valence-corrected chi connectivity index (χ1v) is 14.6. The zero-order valence-corrected chi connectivity index (χ0v) is 22.6. The Morgan fingerprint density at radius 1 is 0.889 bits per heavy atom. The SMILES string of the molecule is O=C1C(Cc2c(Cl)cc(-c3ccc(OCCC4CCCCN4)cc3)cc2Cl)CCN1C1CCCCC1. The van der Waals surface area contributed by atoms with E-state index < -0.39 is 0 Å². The summed E-state index contributed by atoms with van der Waals surface area (Å²) in [5.74, 6) is 1.15. The van der Waals surface area contributed by atoms with Crippen molar-refractivity contribution in [2.45, 2.75) is 82.7 Å². The molecule has 2 aromatic rings. The maximum absolute atomic E-state index is 13.1. The van der Waals surface area contributed by atoms with E-state index in [0.717, 1.165) is 67.8 Å². The van der Waals surface area contributed by atoms with E-state index in [4.69, 9.17) is 27.9 Å². The molecule has 2 aliphatic heterocycles. The van der Waals surface area contributed by atoms with Crippen molar-refractivity contribution in [3.05, 3.63) is 52.0 Å². The Hall–Kier alpha value is -1.75. The van der Waals surface area contributed by atoms with Crippen LogP contribution in [0.25, 0.3) is 11.1 Å². The molecule has 6 heteroatoms. The molecule has 1 aliphatic carbocycles. The van der Waals surface area contributed by atoms with Gasteiger partial charge in [-0.15, -0.1) is 0 Å². The predicted molar refractivity (Wildman–Crippen MR) is 148 cm³/mol. The van der Waals surface area contributed by atoms with Crippen LogP contribution in [0.5, 0.6) is 5.75 Å². The number of ether oxygens (including phenoxy) is 1. The number of hydrogen-bond acceptors (Lipinski definition) is 3. The molecule has 0 spiro atoms. The average molecular weight is 530 g/mol. The molecule has 3 fully saturated rings. The normalized spacial score (nSPS) is 23.3. The number of halogens is 2. The van der Waals surface area contributed by atoms with E-state index in [0.29, 0.717) is 28.5 Å². The fraction of sp³-hybridized carbons (Fsp3) is 0.567. The summed E-state index contributed by atoms with van der Waals surface area (Å²) in [6.45, 7) is 2.72. The minimum absolute atomic E-state index is 0.0204. The van der Waals surface area contributed by atoms with Crippen molar-refractivity contribution in [3.8, 4) is 16.9 Å². The number of hydrogen-bond donors (Lipinski definition) is 1. The van der Waals surface area contributed by atoms with E-state index in [1.54, 1.807) is 0 Å². The van der Waals surface area contributed by atoms with Crippen molar-refractivity contribution >= 4 is 29.1 Å². The predicted octanol–water partition coefficient (Wildman–Crippen LogP) is 7.30. The second kappa shape index (κ2) is 12.2. The lowest BCUT2D eigenvalue weighted by Crippen LogP contribution is -2.39. The molecule has 3 aliphatic rings. The number of likely N-dealkylation sites (tertiary alicyclic amines) is 1. The largest absolute Gasteiger partial charge is 0.494 e. The monoisotopic (exact) mass is 528 g/mol. The van der Waals surface area contributed by atoms with Gasteiger partial charge in [-0.3, -0.25) is 4.79 Å². The number of rotatable bonds is 8. The van der Waals surface area contributed by atoms with Crippen molar-refractivity contribution in [1.29, 1.82) is 0 Å². The average Bonchev–Trinajstić information content (AvgIpc) is 3.27. The van der Waals surface area contributed by atoms with Gasteiger partial charge in [0.2, 0.25) is 5.91 Å². The van der Waals surface area contributed by atoms with Crippen LogP contribution < -0.4 is 10.1 Å². The smallest absolute Gasteiger partial charge is 0.226 e. The van der Waals surface area contributed by atoms with Gasteiger partial charge in [0.15, 0.2) is 0 Å². The van der Waals surface area contributed by atoms with Crippen LogP contribution in [-0.4, -0.2) is 42.6 Å². The van der Waals surface area contributed by atoms with E-state index >= 15 is 0 Å². The Morgan fingerprint density at radius 3 is 2.31 bits per heavy atom. The lowest BCUT2D eigenvalue weighted by Gasteiger charge is -2.31. The van der Waals surface area contributed by atoms with Gasteiger partial charge >= 0.3 is 0 Å². The van der Waals surface area contributed by atoms with E-state index in [2.05, 4.69) is 22.3 Å². The molecule has 194 valence electrons. The third-order valence-electron chi connectivity index (χ3n) is 8.29. The van der Waals surface area contributed by atoms with Gasteiger partial charge in [0, 0.05) is 34.6 Å². The van der Waals surface area contributed by atoms with Crippen molar-refractivity contribution in [2.24, 2.45) is 5.92 Å². The van der Waals surface area contributed by atoms with Crippen molar-refractivity contribution in [2.75, 3.05) is 19.7 Å². The lowest BCUT2D eigenvalue weighted by molar-refractivity contribution is -0.133. The zero-order valence-electron chi connectivity index (χ0n) is 21.1. The maximum Gasteiger partial charge on any atom is 0.226 e. The summed E-state index contributed by atoms with van der Waals surface area (Å²) < 4.78 is 5.97. The molecular formula is C30H38Cl2N2O2. The molecule has 2 unspecified atom stereocenters. The highest BCUT2D eigenvalue weighted by molar-refractivity contribution is 6.36. The summed E-state index contributed by atoms with van der Waals surface area (Å²) in [5.41, 5.74) is 2.92. The molecule has 1 saturated carbocycles. The topological polar surface area (TPSA) is 41.6 Å². The van der Waals surface area contributed by atoms with E-state index in [1.807, 2.05) is 24.3 Å². The molecule has 0 radical (unpaired) electrons. The molecule has 5 rings (SSSR count). The molecule has 2 atom stereocenters. The standard InChI is InChI=1S/C30H38Cl2N2O2/c31-28-19-23(21-9-11-26(12-10-21)36-17-14-24-6-4-5-15-33-24)20-29(32)27(28)18-22-13-16-34(30(22)35)25-7-2-1-3-8-25/h9-12,19-20,22,24-25,33H,1-8,13-18H2. The molecule has 0 aromatic heterocycles. The number of carbonyl (C=O) groups is 1. The lowest BCUT2D eigenvalue weighted by atomic mass is 9.93. The highest BCUT2D eigenvalue weighted by Gasteiger charge is 2.36. The molecule has 2 heterocycles. The third kappa shape index (κ3) is 6.20. The Kier molecular flexibility index (Phi) is 8.77. The molecular weight excluding hydrogens is 491 g/mol. The Morgan fingerprint density at radius 2 is 1.61 bits per heavy atom. The van der Waals surface area contributed by atoms with Crippen LogP contribution in [0, 0.1) is 5.92 Å². The first-order chi connectivity index (χ1) is 17.6. The van der Waals surface area contributed by atoms with Gasteiger partial charge in [-0.05, 0) is 92.4 Å². The van der Waals surface area contributed by atoms with Gasteiger partial charge in [0.1, 0.15) is 5.75 Å². The van der Waals surface area contributed by atoms with Crippen LogP contribution in [0.2, 0.25) is 10.0 Å². The second-order valence-corrected chi connectivity index (χ2v) is 11.6. The van der Waals surface area contributed by atoms with Crippen LogP contribution >= 0.6 is 23.2 Å². The molecule has 36 heavy (non-hydrogen) atoms. The zero-order chi connectivity index (χ0) is 24.9. The van der Waals surface area contributed by atoms with Crippen molar-refractivity contribution < 1.29 is 9.53 Å². The van der Waals surface area contributed by atoms with E-state index in [-0.39, 0.29) is 11.8 Å². The van der Waals surface area contributed by atoms with Crippen LogP contribution in [0.15, 0.2) is 36.4 Å². The minimum atomic E-state index is -0.0204. The van der Waals surface area contributed by atoms with Gasteiger partial charge in [0.05, 0.1) is 6.61 Å². The fourth-order valence-electron chi connectivity index (χ4n) is 6.15. The van der Waals surface area contributed by atoms with Crippen LogP contribution in [-0.2, 0) is 11.2 Å². The van der Waals surface area contributed by atoms with Crippen molar-refractivity contribution in [1.82, 2.24) is 10.2 Å². The molecule has 0 bridgehead atoms. The fourth-order valence-corrected chi connectivity index (χ4v) is 6.79.